The number of thiol groups is 1. The van der Waals surface area contributed by atoms with Gasteiger partial charge in [-0.3, -0.25) is 9.88 Å². The van der Waals surface area contributed by atoms with Gasteiger partial charge < -0.3 is 0 Å². The number of aryl methyl sites for hydroxylation is 1. The van der Waals surface area contributed by atoms with Crippen LogP contribution in [0.15, 0.2) is 30.4 Å². The van der Waals surface area contributed by atoms with Crippen LogP contribution in [-0.4, -0.2) is 28.7 Å². The summed E-state index contributed by atoms with van der Waals surface area (Å²) in [6, 6.07) is 6.14. The van der Waals surface area contributed by atoms with Crippen molar-refractivity contribution in [1.82, 2.24) is 9.88 Å². The second-order valence-corrected chi connectivity index (χ2v) is 4.30. The first-order valence-corrected chi connectivity index (χ1v) is 6.21. The summed E-state index contributed by atoms with van der Waals surface area (Å²) in [5.74, 6) is 0.748. The Bertz CT molecular complexity index is 350. The summed E-state index contributed by atoms with van der Waals surface area (Å²) < 4.78 is 0. The predicted molar refractivity (Wildman–Crippen MR) is 72.9 cm³/mol. The molecule has 0 atom stereocenters. The van der Waals surface area contributed by atoms with Gasteiger partial charge in [0, 0.05) is 24.5 Å². The number of aromatic nitrogens is 1. The smallest absolute Gasteiger partial charge is 0.0547 e. The van der Waals surface area contributed by atoms with Gasteiger partial charge in [-0.1, -0.05) is 25.1 Å². The molecule has 2 nitrogen and oxygen atoms in total. The van der Waals surface area contributed by atoms with Gasteiger partial charge in [-0.15, -0.1) is 0 Å². The molecule has 0 radical (unpaired) electrons. The molecule has 3 heteroatoms. The highest BCUT2D eigenvalue weighted by atomic mass is 32.1. The van der Waals surface area contributed by atoms with E-state index in [1.807, 2.05) is 13.0 Å². The second-order valence-electron chi connectivity index (χ2n) is 3.98. The number of hydrogen-bond acceptors (Lipinski definition) is 3. The Hall–Kier alpha value is -0.800. The third-order valence-electron chi connectivity index (χ3n) is 2.45. The van der Waals surface area contributed by atoms with Crippen molar-refractivity contribution in [1.29, 1.82) is 0 Å². The predicted octanol–water partition coefficient (Wildman–Crippen LogP) is 2.70. The van der Waals surface area contributed by atoms with E-state index < -0.39 is 0 Å². The molecule has 1 heterocycles. The van der Waals surface area contributed by atoms with E-state index in [9.17, 15) is 0 Å². The van der Waals surface area contributed by atoms with Crippen LogP contribution in [0, 0.1) is 6.92 Å². The Labute approximate surface area is 104 Å². The lowest BCUT2D eigenvalue weighted by molar-refractivity contribution is 0.301. The van der Waals surface area contributed by atoms with Gasteiger partial charge in [0.05, 0.1) is 5.69 Å². The van der Waals surface area contributed by atoms with Crippen molar-refractivity contribution in [3.8, 4) is 0 Å². The minimum absolute atomic E-state index is 0.748. The van der Waals surface area contributed by atoms with Crippen LogP contribution in [0.4, 0.5) is 0 Å². The van der Waals surface area contributed by atoms with Gasteiger partial charge >= 0.3 is 0 Å². The van der Waals surface area contributed by atoms with Crippen molar-refractivity contribution in [3.63, 3.8) is 0 Å². The summed E-state index contributed by atoms with van der Waals surface area (Å²) in [6.07, 6.45) is 0. The van der Waals surface area contributed by atoms with E-state index in [-0.39, 0.29) is 0 Å². The van der Waals surface area contributed by atoms with Crippen LogP contribution in [-0.2, 0) is 6.54 Å². The number of nitrogens with zero attached hydrogens (tertiary/aromatic N) is 2. The maximum Gasteiger partial charge on any atom is 0.0547 e. The molecule has 1 aromatic rings. The van der Waals surface area contributed by atoms with E-state index >= 15 is 0 Å². The van der Waals surface area contributed by atoms with Crippen LogP contribution in [0.25, 0.3) is 0 Å². The molecule has 0 aromatic carbocycles. The Kier molecular flexibility index (Phi) is 5.56. The minimum atomic E-state index is 0.748. The molecule has 0 bridgehead atoms. The highest BCUT2D eigenvalue weighted by Gasteiger charge is 2.05. The summed E-state index contributed by atoms with van der Waals surface area (Å²) in [4.78, 5) is 6.82. The molecule has 88 valence electrons. The number of pyridine rings is 1. The van der Waals surface area contributed by atoms with Gasteiger partial charge in [0.2, 0.25) is 0 Å². The van der Waals surface area contributed by atoms with Crippen LogP contribution >= 0.6 is 12.6 Å². The summed E-state index contributed by atoms with van der Waals surface area (Å²) >= 11 is 4.23. The molecule has 0 fully saturated rings. The zero-order valence-corrected chi connectivity index (χ0v) is 11.0. The quantitative estimate of drug-likeness (QED) is 0.604. The average molecular weight is 236 g/mol. The van der Waals surface area contributed by atoms with Gasteiger partial charge in [0.1, 0.15) is 0 Å². The molecule has 0 amide bonds. The van der Waals surface area contributed by atoms with E-state index in [0.29, 0.717) is 0 Å². The van der Waals surface area contributed by atoms with Crippen molar-refractivity contribution in [2.45, 2.75) is 20.4 Å². The molecule has 0 saturated carbocycles. The van der Waals surface area contributed by atoms with Crippen molar-refractivity contribution in [2.24, 2.45) is 0 Å². The maximum absolute atomic E-state index is 4.50. The molecular weight excluding hydrogens is 216 g/mol. The second kappa shape index (κ2) is 6.71. The third kappa shape index (κ3) is 4.37. The molecule has 0 aliphatic rings. The van der Waals surface area contributed by atoms with Gasteiger partial charge in [-0.05, 0) is 25.6 Å². The van der Waals surface area contributed by atoms with Crippen molar-refractivity contribution in [3.05, 3.63) is 41.7 Å². The van der Waals surface area contributed by atoms with E-state index in [0.717, 1.165) is 42.3 Å². The standard InChI is InChI=1S/C13H20N2S/c1-4-15(8-11(2)10-16)9-13-7-5-6-12(3)14-13/h5-7,16H,2,4,8-10H2,1,3H3. The van der Waals surface area contributed by atoms with Gasteiger partial charge in [0.15, 0.2) is 0 Å². The summed E-state index contributed by atoms with van der Waals surface area (Å²) in [7, 11) is 0. The molecule has 16 heavy (non-hydrogen) atoms. The Morgan fingerprint density at radius 2 is 2.25 bits per heavy atom. The van der Waals surface area contributed by atoms with Gasteiger partial charge in [0.25, 0.3) is 0 Å². The summed E-state index contributed by atoms with van der Waals surface area (Å²) in [6.45, 7) is 10.9. The molecule has 1 aromatic heterocycles. The first-order valence-electron chi connectivity index (χ1n) is 5.58. The lowest BCUT2D eigenvalue weighted by Crippen LogP contribution is -2.26. The molecule has 0 aliphatic carbocycles. The number of likely N-dealkylation sites (N-methyl/N-ethyl adjacent to an activating group) is 1. The first kappa shape index (κ1) is 13.3. The maximum atomic E-state index is 4.50. The van der Waals surface area contributed by atoms with Gasteiger partial charge in [-0.2, -0.15) is 12.6 Å². The van der Waals surface area contributed by atoms with Crippen LogP contribution < -0.4 is 0 Å². The fourth-order valence-electron chi connectivity index (χ4n) is 1.56. The molecule has 1 rings (SSSR count). The lowest BCUT2D eigenvalue weighted by Gasteiger charge is -2.20. The van der Waals surface area contributed by atoms with E-state index in [1.54, 1.807) is 0 Å². The largest absolute Gasteiger partial charge is 0.294 e. The zero-order chi connectivity index (χ0) is 12.0. The minimum Gasteiger partial charge on any atom is -0.294 e. The van der Waals surface area contributed by atoms with Crippen molar-refractivity contribution < 1.29 is 0 Å². The zero-order valence-electron chi connectivity index (χ0n) is 10.1. The van der Waals surface area contributed by atoms with Crippen LogP contribution in [0.3, 0.4) is 0 Å². The molecule has 0 N–H and O–H groups in total. The van der Waals surface area contributed by atoms with E-state index in [2.05, 4.69) is 48.1 Å². The Morgan fingerprint density at radius 1 is 1.50 bits per heavy atom. The molecule has 0 aliphatic heterocycles. The fraction of sp³-hybridized carbons (Fsp3) is 0.462. The molecule has 0 unspecified atom stereocenters. The Morgan fingerprint density at radius 3 is 2.81 bits per heavy atom. The monoisotopic (exact) mass is 236 g/mol. The molecule has 0 spiro atoms. The van der Waals surface area contributed by atoms with Crippen molar-refractivity contribution in [2.75, 3.05) is 18.8 Å². The number of rotatable bonds is 6. The SMILES string of the molecule is C=C(CS)CN(CC)Cc1cccc(C)n1. The Balaban J connectivity index is 2.59. The van der Waals surface area contributed by atoms with Crippen molar-refractivity contribution >= 4 is 12.6 Å². The van der Waals surface area contributed by atoms with Gasteiger partial charge in [-0.25, -0.2) is 0 Å². The third-order valence-corrected chi connectivity index (χ3v) is 2.90. The number of hydrogen-bond donors (Lipinski definition) is 1. The highest BCUT2D eigenvalue weighted by Crippen LogP contribution is 2.06. The topological polar surface area (TPSA) is 16.1 Å². The average Bonchev–Trinajstić information content (AvgIpc) is 2.28. The normalized spacial score (nSPS) is 10.8. The summed E-state index contributed by atoms with van der Waals surface area (Å²) in [5.41, 5.74) is 3.34. The lowest BCUT2D eigenvalue weighted by atomic mass is 10.2. The van der Waals surface area contributed by atoms with E-state index in [4.69, 9.17) is 0 Å². The van der Waals surface area contributed by atoms with Crippen LogP contribution in [0.1, 0.15) is 18.3 Å². The molecule has 0 saturated heterocycles. The fourth-order valence-corrected chi connectivity index (χ4v) is 1.66. The summed E-state index contributed by atoms with van der Waals surface area (Å²) in [5, 5.41) is 0. The molecular formula is C13H20N2S. The first-order chi connectivity index (χ1) is 7.65. The van der Waals surface area contributed by atoms with Crippen LogP contribution in [0.2, 0.25) is 0 Å². The van der Waals surface area contributed by atoms with Crippen LogP contribution in [0.5, 0.6) is 0 Å². The van der Waals surface area contributed by atoms with E-state index in [1.165, 1.54) is 0 Å². The highest BCUT2D eigenvalue weighted by molar-refractivity contribution is 7.80.